The van der Waals surface area contributed by atoms with Crippen molar-refractivity contribution >= 4 is 34.6 Å². The van der Waals surface area contributed by atoms with Crippen LogP contribution in [0.3, 0.4) is 0 Å². The molecule has 0 saturated heterocycles. The van der Waals surface area contributed by atoms with E-state index in [0.717, 1.165) is 16.5 Å². The fraction of sp³-hybridized carbons (Fsp3) is 0.0909. The molecule has 4 rings (SSSR count). The number of amides is 1. The van der Waals surface area contributed by atoms with Gasteiger partial charge in [0.2, 0.25) is 0 Å². The van der Waals surface area contributed by atoms with Crippen LogP contribution in [0.5, 0.6) is 5.75 Å². The molecule has 2 heterocycles. The van der Waals surface area contributed by atoms with Crippen LogP contribution in [-0.4, -0.2) is 28.9 Å². The largest absolute Gasteiger partial charge is 0.483 e. The molecule has 4 aromatic rings. The zero-order valence-corrected chi connectivity index (χ0v) is 16.8. The summed E-state index contributed by atoms with van der Waals surface area (Å²) in [6.45, 7) is 1.79. The van der Waals surface area contributed by atoms with Crippen molar-refractivity contribution in [2.24, 2.45) is 5.10 Å². The molecule has 8 heteroatoms. The molecule has 2 aromatic carbocycles. The standard InChI is InChI=1S/C22H17ClN4O3/c1-14-6-7-18-15(10-14)11-16(22(23)26-18)12-24-27-21(28)13-29-19-5-3-2-4-17(19)20-8-9-25-30-20/h2-12H,13H2,1H3,(H,27,28)/b24-12+. The van der Waals surface area contributed by atoms with E-state index in [1.54, 1.807) is 18.3 Å². The summed E-state index contributed by atoms with van der Waals surface area (Å²) in [5.74, 6) is 0.641. The lowest BCUT2D eigenvalue weighted by Gasteiger charge is -2.08. The van der Waals surface area contributed by atoms with Crippen LogP contribution in [0.1, 0.15) is 11.1 Å². The average Bonchev–Trinajstić information content (AvgIpc) is 3.28. The van der Waals surface area contributed by atoms with Crippen LogP contribution in [0.2, 0.25) is 5.15 Å². The quantitative estimate of drug-likeness (QED) is 0.284. The van der Waals surface area contributed by atoms with Crippen molar-refractivity contribution in [2.75, 3.05) is 6.61 Å². The van der Waals surface area contributed by atoms with Gasteiger partial charge in [-0.2, -0.15) is 5.10 Å². The van der Waals surface area contributed by atoms with Crippen molar-refractivity contribution in [3.05, 3.63) is 77.1 Å². The molecular formula is C22H17ClN4O3. The van der Waals surface area contributed by atoms with Gasteiger partial charge < -0.3 is 9.26 Å². The molecule has 0 aliphatic carbocycles. The van der Waals surface area contributed by atoms with E-state index in [1.807, 2.05) is 49.4 Å². The first-order valence-electron chi connectivity index (χ1n) is 9.12. The summed E-state index contributed by atoms with van der Waals surface area (Å²) >= 11 is 6.21. The number of hydrogen-bond donors (Lipinski definition) is 1. The number of ether oxygens (including phenoxy) is 1. The molecule has 0 atom stereocenters. The minimum atomic E-state index is -0.417. The summed E-state index contributed by atoms with van der Waals surface area (Å²) in [6, 6.07) is 16.7. The molecule has 0 spiro atoms. The summed E-state index contributed by atoms with van der Waals surface area (Å²) in [5.41, 5.74) is 5.65. The number of para-hydroxylation sites is 1. The van der Waals surface area contributed by atoms with E-state index in [-0.39, 0.29) is 6.61 Å². The molecule has 7 nitrogen and oxygen atoms in total. The number of fused-ring (bicyclic) bond motifs is 1. The molecule has 30 heavy (non-hydrogen) atoms. The maximum Gasteiger partial charge on any atom is 0.277 e. The number of benzene rings is 2. The van der Waals surface area contributed by atoms with Gasteiger partial charge in [0.25, 0.3) is 5.91 Å². The van der Waals surface area contributed by atoms with E-state index >= 15 is 0 Å². The second-order valence-corrected chi connectivity index (χ2v) is 6.88. The predicted octanol–water partition coefficient (Wildman–Crippen LogP) is 4.38. The number of nitrogens with zero attached hydrogens (tertiary/aromatic N) is 3. The van der Waals surface area contributed by atoms with Gasteiger partial charge in [-0.1, -0.05) is 40.5 Å². The Kier molecular flexibility index (Phi) is 5.72. The van der Waals surface area contributed by atoms with Gasteiger partial charge in [-0.05, 0) is 37.3 Å². The topological polar surface area (TPSA) is 89.6 Å². The maximum atomic E-state index is 12.1. The molecule has 0 fully saturated rings. The Balaban J connectivity index is 1.39. The number of hydrazone groups is 1. The minimum Gasteiger partial charge on any atom is -0.483 e. The third kappa shape index (κ3) is 4.47. The van der Waals surface area contributed by atoms with E-state index in [1.165, 1.54) is 6.21 Å². The number of carbonyl (C=O) groups excluding carboxylic acids is 1. The lowest BCUT2D eigenvalue weighted by atomic mass is 10.1. The molecule has 0 unspecified atom stereocenters. The lowest BCUT2D eigenvalue weighted by Crippen LogP contribution is -2.24. The van der Waals surface area contributed by atoms with Gasteiger partial charge in [0.15, 0.2) is 12.4 Å². The van der Waals surface area contributed by atoms with Crippen molar-refractivity contribution in [3.63, 3.8) is 0 Å². The predicted molar refractivity (Wildman–Crippen MR) is 115 cm³/mol. The fourth-order valence-electron chi connectivity index (χ4n) is 2.88. The zero-order valence-electron chi connectivity index (χ0n) is 16.0. The Hall–Kier alpha value is -3.71. The molecule has 0 bridgehead atoms. The molecular weight excluding hydrogens is 404 g/mol. The van der Waals surface area contributed by atoms with Crippen molar-refractivity contribution in [1.29, 1.82) is 0 Å². The smallest absolute Gasteiger partial charge is 0.277 e. The van der Waals surface area contributed by atoms with E-state index in [0.29, 0.717) is 27.8 Å². The van der Waals surface area contributed by atoms with Gasteiger partial charge >= 0.3 is 0 Å². The Morgan fingerprint density at radius 1 is 1.23 bits per heavy atom. The number of pyridine rings is 1. The zero-order chi connectivity index (χ0) is 20.9. The maximum absolute atomic E-state index is 12.1. The summed E-state index contributed by atoms with van der Waals surface area (Å²) < 4.78 is 10.8. The molecule has 1 N–H and O–H groups in total. The summed E-state index contributed by atoms with van der Waals surface area (Å²) in [7, 11) is 0. The molecule has 150 valence electrons. The fourth-order valence-corrected chi connectivity index (χ4v) is 3.07. The number of aryl methyl sites for hydroxylation is 1. The number of carbonyl (C=O) groups is 1. The second kappa shape index (κ2) is 8.75. The van der Waals surface area contributed by atoms with Crippen LogP contribution in [0, 0.1) is 6.92 Å². The highest BCUT2D eigenvalue weighted by Gasteiger charge is 2.11. The number of nitrogens with one attached hydrogen (secondary N) is 1. The van der Waals surface area contributed by atoms with Gasteiger partial charge in [0.05, 0.1) is 23.5 Å². The average molecular weight is 421 g/mol. The minimum absolute atomic E-state index is 0.217. The van der Waals surface area contributed by atoms with E-state index in [9.17, 15) is 4.79 Å². The number of rotatable bonds is 6. The van der Waals surface area contributed by atoms with Crippen LogP contribution in [-0.2, 0) is 4.79 Å². The molecule has 0 aliphatic rings. The van der Waals surface area contributed by atoms with Gasteiger partial charge in [-0.25, -0.2) is 10.4 Å². The van der Waals surface area contributed by atoms with Gasteiger partial charge in [-0.3, -0.25) is 4.79 Å². The van der Waals surface area contributed by atoms with Crippen LogP contribution >= 0.6 is 11.6 Å². The SMILES string of the molecule is Cc1ccc2nc(Cl)c(/C=N/NC(=O)COc3ccccc3-c3ccno3)cc2c1. The normalized spacial score (nSPS) is 11.1. The van der Waals surface area contributed by atoms with E-state index in [4.69, 9.17) is 20.9 Å². The number of halogens is 1. The highest BCUT2D eigenvalue weighted by molar-refractivity contribution is 6.32. The van der Waals surface area contributed by atoms with E-state index in [2.05, 4.69) is 20.7 Å². The summed E-state index contributed by atoms with van der Waals surface area (Å²) in [5, 5.41) is 8.90. The Labute approximate surface area is 177 Å². The van der Waals surface area contributed by atoms with Crippen LogP contribution in [0.15, 0.2) is 70.4 Å². The van der Waals surface area contributed by atoms with Crippen LogP contribution in [0.4, 0.5) is 0 Å². The van der Waals surface area contributed by atoms with Crippen molar-refractivity contribution in [1.82, 2.24) is 15.6 Å². The van der Waals surface area contributed by atoms with Crippen LogP contribution < -0.4 is 10.2 Å². The molecule has 0 radical (unpaired) electrons. The number of aromatic nitrogens is 2. The molecule has 2 aromatic heterocycles. The molecule has 0 aliphatic heterocycles. The van der Waals surface area contributed by atoms with Crippen LogP contribution in [0.25, 0.3) is 22.2 Å². The van der Waals surface area contributed by atoms with Crippen molar-refractivity contribution in [3.8, 4) is 17.1 Å². The Morgan fingerprint density at radius 2 is 2.10 bits per heavy atom. The van der Waals surface area contributed by atoms with Gasteiger partial charge in [0.1, 0.15) is 10.9 Å². The Morgan fingerprint density at radius 3 is 2.93 bits per heavy atom. The van der Waals surface area contributed by atoms with Gasteiger partial charge in [-0.15, -0.1) is 0 Å². The first-order chi connectivity index (χ1) is 14.6. The highest BCUT2D eigenvalue weighted by atomic mass is 35.5. The first kappa shape index (κ1) is 19.6. The van der Waals surface area contributed by atoms with Crippen molar-refractivity contribution in [2.45, 2.75) is 6.92 Å². The number of hydrogen-bond acceptors (Lipinski definition) is 6. The lowest BCUT2D eigenvalue weighted by molar-refractivity contribution is -0.123. The first-order valence-corrected chi connectivity index (χ1v) is 9.49. The van der Waals surface area contributed by atoms with E-state index < -0.39 is 5.91 Å². The second-order valence-electron chi connectivity index (χ2n) is 6.52. The van der Waals surface area contributed by atoms with Gasteiger partial charge in [0, 0.05) is 17.0 Å². The summed E-state index contributed by atoms with van der Waals surface area (Å²) in [6.07, 6.45) is 3.00. The summed E-state index contributed by atoms with van der Waals surface area (Å²) in [4.78, 5) is 16.5. The third-order valence-corrected chi connectivity index (χ3v) is 4.60. The third-order valence-electron chi connectivity index (χ3n) is 4.29. The monoisotopic (exact) mass is 420 g/mol. The van der Waals surface area contributed by atoms with Crippen molar-refractivity contribution < 1.29 is 14.1 Å². The molecule has 0 saturated carbocycles. The Bertz CT molecular complexity index is 1220. The highest BCUT2D eigenvalue weighted by Crippen LogP contribution is 2.29. The molecule has 1 amide bonds.